The number of rotatable bonds is 5. The first-order valence-electron chi connectivity index (χ1n) is 6.96. The highest BCUT2D eigenvalue weighted by atomic mass is 16.5. The summed E-state index contributed by atoms with van der Waals surface area (Å²) in [6, 6.07) is 0.495. The maximum Gasteiger partial charge on any atom is 0.265 e. The Morgan fingerprint density at radius 2 is 2.11 bits per heavy atom. The molecule has 0 aliphatic heterocycles. The highest BCUT2D eigenvalue weighted by molar-refractivity contribution is 5.24. The SMILES string of the molecule is CCCNC1CCCCC1c1nc(N(C)C)no1. The average Bonchev–Trinajstić information content (AvgIpc) is 2.86. The largest absolute Gasteiger partial charge is 0.344 e. The maximum atomic E-state index is 5.43. The molecule has 0 bridgehead atoms. The molecule has 0 aromatic carbocycles. The van der Waals surface area contributed by atoms with E-state index in [2.05, 4.69) is 22.4 Å². The Hall–Kier alpha value is -1.10. The van der Waals surface area contributed by atoms with Gasteiger partial charge in [-0.3, -0.25) is 0 Å². The van der Waals surface area contributed by atoms with Crippen LogP contribution in [0.2, 0.25) is 0 Å². The van der Waals surface area contributed by atoms with Gasteiger partial charge in [0.15, 0.2) is 0 Å². The average molecular weight is 252 g/mol. The molecule has 0 amide bonds. The van der Waals surface area contributed by atoms with Crippen molar-refractivity contribution < 1.29 is 4.52 Å². The van der Waals surface area contributed by atoms with Crippen molar-refractivity contribution in [3.63, 3.8) is 0 Å². The van der Waals surface area contributed by atoms with Crippen LogP contribution < -0.4 is 10.2 Å². The van der Waals surface area contributed by atoms with Crippen molar-refractivity contribution in [2.75, 3.05) is 25.5 Å². The van der Waals surface area contributed by atoms with Gasteiger partial charge in [0.05, 0.1) is 5.92 Å². The Morgan fingerprint density at radius 3 is 2.78 bits per heavy atom. The molecule has 1 heterocycles. The summed E-state index contributed by atoms with van der Waals surface area (Å²) in [7, 11) is 3.87. The van der Waals surface area contributed by atoms with E-state index in [0.717, 1.165) is 25.3 Å². The number of nitrogens with zero attached hydrogens (tertiary/aromatic N) is 3. The maximum absolute atomic E-state index is 5.43. The molecule has 2 unspecified atom stereocenters. The highest BCUT2D eigenvalue weighted by Crippen LogP contribution is 2.32. The van der Waals surface area contributed by atoms with Crippen LogP contribution in [-0.4, -0.2) is 36.8 Å². The molecule has 1 fully saturated rings. The molecule has 2 rings (SSSR count). The van der Waals surface area contributed by atoms with Crippen molar-refractivity contribution in [2.45, 2.75) is 51.0 Å². The molecule has 1 saturated carbocycles. The molecule has 0 radical (unpaired) electrons. The predicted molar refractivity (Wildman–Crippen MR) is 71.9 cm³/mol. The van der Waals surface area contributed by atoms with Crippen LogP contribution in [-0.2, 0) is 0 Å². The first-order chi connectivity index (χ1) is 8.72. The second-order valence-corrected chi connectivity index (χ2v) is 5.28. The molecule has 18 heavy (non-hydrogen) atoms. The van der Waals surface area contributed by atoms with Crippen molar-refractivity contribution in [1.29, 1.82) is 0 Å². The van der Waals surface area contributed by atoms with Gasteiger partial charge in [-0.2, -0.15) is 4.98 Å². The van der Waals surface area contributed by atoms with Crippen LogP contribution in [0.15, 0.2) is 4.52 Å². The lowest BCUT2D eigenvalue weighted by Crippen LogP contribution is -2.37. The lowest BCUT2D eigenvalue weighted by molar-refractivity contribution is 0.263. The van der Waals surface area contributed by atoms with E-state index in [0.29, 0.717) is 17.9 Å². The zero-order chi connectivity index (χ0) is 13.0. The zero-order valence-corrected chi connectivity index (χ0v) is 11.6. The summed E-state index contributed by atoms with van der Waals surface area (Å²) in [5.41, 5.74) is 0. The van der Waals surface area contributed by atoms with Gasteiger partial charge in [-0.25, -0.2) is 0 Å². The van der Waals surface area contributed by atoms with Gasteiger partial charge in [0.25, 0.3) is 5.95 Å². The number of hydrogen-bond acceptors (Lipinski definition) is 5. The van der Waals surface area contributed by atoms with Crippen LogP contribution in [0.3, 0.4) is 0 Å². The number of anilines is 1. The van der Waals surface area contributed by atoms with Crippen LogP contribution in [0.1, 0.15) is 50.8 Å². The van der Waals surface area contributed by atoms with E-state index in [4.69, 9.17) is 4.52 Å². The molecule has 0 spiro atoms. The molecule has 1 aromatic rings. The summed E-state index contributed by atoms with van der Waals surface area (Å²) in [4.78, 5) is 6.38. The van der Waals surface area contributed by atoms with Gasteiger partial charge >= 0.3 is 0 Å². The fourth-order valence-electron chi connectivity index (χ4n) is 2.56. The molecule has 2 atom stereocenters. The van der Waals surface area contributed by atoms with Gasteiger partial charge in [0.1, 0.15) is 0 Å². The second kappa shape index (κ2) is 6.18. The molecule has 5 nitrogen and oxygen atoms in total. The first kappa shape index (κ1) is 13.3. The van der Waals surface area contributed by atoms with Crippen LogP contribution in [0, 0.1) is 0 Å². The number of nitrogens with one attached hydrogen (secondary N) is 1. The van der Waals surface area contributed by atoms with Crippen molar-refractivity contribution in [2.24, 2.45) is 0 Å². The summed E-state index contributed by atoms with van der Waals surface area (Å²) < 4.78 is 5.43. The van der Waals surface area contributed by atoms with E-state index in [1.54, 1.807) is 0 Å². The Morgan fingerprint density at radius 1 is 1.33 bits per heavy atom. The zero-order valence-electron chi connectivity index (χ0n) is 11.6. The fourth-order valence-corrected chi connectivity index (χ4v) is 2.56. The van der Waals surface area contributed by atoms with Gasteiger partial charge in [-0.1, -0.05) is 19.8 Å². The summed E-state index contributed by atoms with van der Waals surface area (Å²) in [6.07, 6.45) is 6.08. The molecule has 1 aromatic heterocycles. The molecule has 1 aliphatic carbocycles. The van der Waals surface area contributed by atoms with Crippen molar-refractivity contribution in [3.05, 3.63) is 5.89 Å². The lowest BCUT2D eigenvalue weighted by Gasteiger charge is -2.29. The smallest absolute Gasteiger partial charge is 0.265 e. The Bertz CT molecular complexity index is 364. The van der Waals surface area contributed by atoms with Crippen LogP contribution in [0.4, 0.5) is 5.95 Å². The second-order valence-electron chi connectivity index (χ2n) is 5.28. The van der Waals surface area contributed by atoms with Gasteiger partial charge in [-0.15, -0.1) is 0 Å². The Balaban J connectivity index is 2.06. The molecule has 1 aliphatic rings. The summed E-state index contributed by atoms with van der Waals surface area (Å²) in [6.45, 7) is 3.26. The van der Waals surface area contributed by atoms with Gasteiger partial charge < -0.3 is 14.7 Å². The van der Waals surface area contributed by atoms with Crippen LogP contribution in [0.5, 0.6) is 0 Å². The van der Waals surface area contributed by atoms with E-state index in [1.807, 2.05) is 19.0 Å². The van der Waals surface area contributed by atoms with Crippen LogP contribution >= 0.6 is 0 Å². The first-order valence-corrected chi connectivity index (χ1v) is 6.96. The molecule has 5 heteroatoms. The fraction of sp³-hybridized carbons (Fsp3) is 0.846. The number of aromatic nitrogens is 2. The minimum absolute atomic E-state index is 0.381. The summed E-state index contributed by atoms with van der Waals surface area (Å²) in [5.74, 6) is 1.85. The monoisotopic (exact) mass is 252 g/mol. The lowest BCUT2D eigenvalue weighted by atomic mass is 9.84. The van der Waals surface area contributed by atoms with E-state index in [-0.39, 0.29) is 0 Å². The molecular weight excluding hydrogens is 228 g/mol. The number of hydrogen-bond donors (Lipinski definition) is 1. The quantitative estimate of drug-likeness (QED) is 0.870. The molecule has 1 N–H and O–H groups in total. The van der Waals surface area contributed by atoms with Gasteiger partial charge in [0, 0.05) is 20.1 Å². The van der Waals surface area contributed by atoms with E-state index in [1.165, 1.54) is 19.3 Å². The third kappa shape index (κ3) is 3.02. The Kier molecular flexibility index (Phi) is 4.58. The standard InChI is InChI=1S/C13H24N4O/c1-4-9-14-11-8-6-5-7-10(11)12-15-13(16-18-12)17(2)3/h10-11,14H,4-9H2,1-3H3. The van der Waals surface area contributed by atoms with Gasteiger partial charge in [-0.05, 0) is 31.0 Å². The van der Waals surface area contributed by atoms with E-state index in [9.17, 15) is 0 Å². The van der Waals surface area contributed by atoms with Crippen molar-refractivity contribution >= 4 is 5.95 Å². The third-order valence-electron chi connectivity index (χ3n) is 3.57. The minimum Gasteiger partial charge on any atom is -0.344 e. The molecular formula is C13H24N4O. The topological polar surface area (TPSA) is 54.2 Å². The summed E-state index contributed by atoms with van der Waals surface area (Å²) >= 11 is 0. The van der Waals surface area contributed by atoms with E-state index >= 15 is 0 Å². The van der Waals surface area contributed by atoms with Crippen molar-refractivity contribution in [1.82, 2.24) is 15.5 Å². The molecule has 102 valence electrons. The Labute approximate surface area is 109 Å². The minimum atomic E-state index is 0.381. The molecule has 0 saturated heterocycles. The normalized spacial score (nSPS) is 24.2. The van der Waals surface area contributed by atoms with Crippen LogP contribution in [0.25, 0.3) is 0 Å². The van der Waals surface area contributed by atoms with Crippen molar-refractivity contribution in [3.8, 4) is 0 Å². The summed E-state index contributed by atoms with van der Waals surface area (Å²) in [5, 5.41) is 7.63. The van der Waals surface area contributed by atoms with Gasteiger partial charge in [0.2, 0.25) is 5.89 Å². The highest BCUT2D eigenvalue weighted by Gasteiger charge is 2.30. The third-order valence-corrected chi connectivity index (χ3v) is 3.57. The van der Waals surface area contributed by atoms with E-state index < -0.39 is 0 Å². The predicted octanol–water partition coefficient (Wildman–Crippen LogP) is 2.16.